The number of benzene rings is 1. The number of piperazine rings is 1. The van der Waals surface area contributed by atoms with Gasteiger partial charge in [-0.2, -0.15) is 5.10 Å². The van der Waals surface area contributed by atoms with Crippen LogP contribution in [0.2, 0.25) is 0 Å². The molecule has 0 saturated carbocycles. The molecule has 13 heteroatoms. The number of anilines is 1. The fraction of sp³-hybridized carbons (Fsp3) is 0.519. The maximum absolute atomic E-state index is 14.6. The Labute approximate surface area is 230 Å². The van der Waals surface area contributed by atoms with Crippen LogP contribution in [0, 0.1) is 23.4 Å². The van der Waals surface area contributed by atoms with Crippen molar-refractivity contribution < 1.29 is 22.8 Å². The smallest absolute Gasteiger partial charge is 0.337 e. The van der Waals surface area contributed by atoms with Gasteiger partial charge in [-0.05, 0) is 43.6 Å². The minimum Gasteiger partial charge on any atom is -0.337 e. The van der Waals surface area contributed by atoms with E-state index in [-0.39, 0.29) is 17.7 Å². The van der Waals surface area contributed by atoms with E-state index >= 15 is 0 Å². The number of carbonyl (C=O) groups excluding carboxylic acids is 2. The Hall–Kier alpha value is -3.74. The first-order valence-electron chi connectivity index (χ1n) is 13.7. The van der Waals surface area contributed by atoms with E-state index in [1.165, 1.54) is 30.0 Å². The molecule has 2 aromatic rings. The summed E-state index contributed by atoms with van der Waals surface area (Å²) >= 11 is 0. The van der Waals surface area contributed by atoms with Gasteiger partial charge in [0.15, 0.2) is 11.5 Å². The second-order valence-corrected chi connectivity index (χ2v) is 10.8. The van der Waals surface area contributed by atoms with Crippen molar-refractivity contribution in [2.75, 3.05) is 63.8 Å². The Kier molecular flexibility index (Phi) is 7.30. The summed E-state index contributed by atoms with van der Waals surface area (Å²) in [6, 6.07) is 2.23. The molecule has 0 spiro atoms. The monoisotopic (exact) mass is 556 g/mol. The molecule has 5 heterocycles. The maximum atomic E-state index is 14.6. The number of amides is 3. The lowest BCUT2D eigenvalue weighted by molar-refractivity contribution is 0.0422. The second kappa shape index (κ2) is 11.0. The molecule has 1 aromatic heterocycles. The van der Waals surface area contributed by atoms with Gasteiger partial charge < -0.3 is 19.6 Å². The zero-order chi connectivity index (χ0) is 27.8. The normalized spacial score (nSPS) is 21.8. The number of halogens is 3. The largest absolute Gasteiger partial charge is 0.341 e. The maximum Gasteiger partial charge on any atom is 0.341 e. The molecule has 0 radical (unpaired) electrons. The quantitative estimate of drug-likeness (QED) is 0.563. The highest BCUT2D eigenvalue weighted by atomic mass is 19.1. The third-order valence-corrected chi connectivity index (χ3v) is 8.02. The molecule has 10 nitrogen and oxygen atoms in total. The Morgan fingerprint density at radius 2 is 1.60 bits per heavy atom. The van der Waals surface area contributed by atoms with E-state index < -0.39 is 29.4 Å². The van der Waals surface area contributed by atoms with Crippen molar-refractivity contribution in [1.29, 1.82) is 0 Å². The van der Waals surface area contributed by atoms with Gasteiger partial charge in [0.25, 0.3) is 5.91 Å². The van der Waals surface area contributed by atoms with Crippen LogP contribution < -0.4 is 4.90 Å². The average molecular weight is 557 g/mol. The number of carbonyl (C=O) groups is 2. The Balaban J connectivity index is 1.05. The average Bonchev–Trinajstić information content (AvgIpc) is 3.62. The standard InChI is InChI=1S/C27H31F3N8O2/c28-20-11-19(12-21(29)13-20)23-3-4-32-38(23)27(40)36-9-7-35(8-10-36)26-31-14-22(30)24(33-26)25(39)37-16-18(17-37)15-34-5-1-2-6-34/h4,11-14,18,23H,1-3,5-10,15-17H2. The molecule has 3 saturated heterocycles. The highest BCUT2D eigenvalue weighted by molar-refractivity contribution is 5.93. The number of aromatic nitrogens is 2. The Morgan fingerprint density at radius 3 is 2.30 bits per heavy atom. The fourth-order valence-corrected chi connectivity index (χ4v) is 5.88. The molecule has 40 heavy (non-hydrogen) atoms. The lowest BCUT2D eigenvalue weighted by atomic mass is 9.99. The van der Waals surface area contributed by atoms with Gasteiger partial charge in [-0.3, -0.25) is 4.79 Å². The van der Waals surface area contributed by atoms with E-state index in [9.17, 15) is 22.8 Å². The van der Waals surface area contributed by atoms with Gasteiger partial charge in [0.05, 0.1) is 12.2 Å². The molecule has 0 N–H and O–H groups in total. The SMILES string of the molecule is O=C(c1nc(N2CCN(C(=O)N3N=CCC3c3cc(F)cc(F)c3)CC2)ncc1F)N1CC(CN2CCCC2)C1. The van der Waals surface area contributed by atoms with Crippen molar-refractivity contribution in [3.05, 3.63) is 53.1 Å². The first kappa shape index (κ1) is 26.5. The van der Waals surface area contributed by atoms with E-state index in [1.54, 1.807) is 20.9 Å². The molecule has 3 amide bonds. The van der Waals surface area contributed by atoms with Crippen LogP contribution in [0.5, 0.6) is 0 Å². The van der Waals surface area contributed by atoms with Crippen LogP contribution in [0.3, 0.4) is 0 Å². The van der Waals surface area contributed by atoms with Gasteiger partial charge in [-0.15, -0.1) is 0 Å². The molecule has 1 atom stereocenters. The van der Waals surface area contributed by atoms with Crippen LogP contribution in [0.15, 0.2) is 29.5 Å². The molecule has 0 bridgehead atoms. The minimum atomic E-state index is -0.753. The molecule has 4 aliphatic heterocycles. The summed E-state index contributed by atoms with van der Waals surface area (Å²) in [4.78, 5) is 42.0. The van der Waals surface area contributed by atoms with Crippen molar-refractivity contribution in [2.24, 2.45) is 11.0 Å². The summed E-state index contributed by atoms with van der Waals surface area (Å²) in [5.74, 6) is -1.97. The molecule has 212 valence electrons. The molecule has 1 aromatic carbocycles. The van der Waals surface area contributed by atoms with E-state index in [2.05, 4.69) is 20.0 Å². The van der Waals surface area contributed by atoms with Crippen LogP contribution in [-0.2, 0) is 0 Å². The third-order valence-electron chi connectivity index (χ3n) is 8.02. The molecule has 3 fully saturated rings. The lowest BCUT2D eigenvalue weighted by Gasteiger charge is -2.41. The lowest BCUT2D eigenvalue weighted by Crippen LogP contribution is -2.54. The predicted molar refractivity (Wildman–Crippen MR) is 140 cm³/mol. The summed E-state index contributed by atoms with van der Waals surface area (Å²) in [6.45, 7) is 5.71. The van der Waals surface area contributed by atoms with E-state index in [1.807, 2.05) is 0 Å². The predicted octanol–water partition coefficient (Wildman–Crippen LogP) is 2.74. The van der Waals surface area contributed by atoms with Crippen LogP contribution in [0.4, 0.5) is 23.9 Å². The number of hydrazone groups is 1. The van der Waals surface area contributed by atoms with Crippen LogP contribution >= 0.6 is 0 Å². The number of urea groups is 1. The first-order valence-corrected chi connectivity index (χ1v) is 13.7. The molecule has 1 unspecified atom stereocenters. The Bertz CT molecular complexity index is 1290. The molecule has 4 aliphatic rings. The molecular formula is C27H31F3N8O2. The van der Waals surface area contributed by atoms with Gasteiger partial charge in [-0.25, -0.2) is 32.9 Å². The van der Waals surface area contributed by atoms with Crippen molar-refractivity contribution >= 4 is 24.1 Å². The van der Waals surface area contributed by atoms with Crippen molar-refractivity contribution in [3.63, 3.8) is 0 Å². The number of rotatable bonds is 5. The number of hydrogen-bond donors (Lipinski definition) is 0. The second-order valence-electron chi connectivity index (χ2n) is 10.8. The van der Waals surface area contributed by atoms with Crippen molar-refractivity contribution in [2.45, 2.75) is 25.3 Å². The van der Waals surface area contributed by atoms with Gasteiger partial charge in [0.1, 0.15) is 11.6 Å². The van der Waals surface area contributed by atoms with E-state index in [4.69, 9.17) is 0 Å². The third kappa shape index (κ3) is 5.34. The van der Waals surface area contributed by atoms with Gasteiger partial charge in [0.2, 0.25) is 5.95 Å². The molecule has 0 aliphatic carbocycles. The minimum absolute atomic E-state index is 0.235. The number of nitrogens with zero attached hydrogens (tertiary/aromatic N) is 8. The van der Waals surface area contributed by atoms with E-state index in [0.717, 1.165) is 31.9 Å². The summed E-state index contributed by atoms with van der Waals surface area (Å²) in [5.41, 5.74) is 0.100. The van der Waals surface area contributed by atoms with E-state index in [0.29, 0.717) is 57.2 Å². The topological polar surface area (TPSA) is 88.5 Å². The summed E-state index contributed by atoms with van der Waals surface area (Å²) in [7, 11) is 0. The van der Waals surface area contributed by atoms with Gasteiger partial charge in [-0.1, -0.05) is 0 Å². The Morgan fingerprint density at radius 1 is 0.900 bits per heavy atom. The summed E-state index contributed by atoms with van der Waals surface area (Å²) in [6.07, 6.45) is 5.37. The number of hydrogen-bond acceptors (Lipinski definition) is 7. The highest BCUT2D eigenvalue weighted by Crippen LogP contribution is 2.31. The zero-order valence-corrected chi connectivity index (χ0v) is 22.1. The van der Waals surface area contributed by atoms with Crippen LogP contribution in [0.1, 0.15) is 41.4 Å². The van der Waals surface area contributed by atoms with Gasteiger partial charge in [0, 0.05) is 70.4 Å². The van der Waals surface area contributed by atoms with Crippen molar-refractivity contribution in [1.82, 2.24) is 29.7 Å². The first-order chi connectivity index (χ1) is 19.4. The van der Waals surface area contributed by atoms with Crippen molar-refractivity contribution in [3.8, 4) is 0 Å². The zero-order valence-electron chi connectivity index (χ0n) is 22.1. The van der Waals surface area contributed by atoms with Crippen LogP contribution in [0.25, 0.3) is 0 Å². The number of likely N-dealkylation sites (tertiary alicyclic amines) is 2. The summed E-state index contributed by atoms with van der Waals surface area (Å²) < 4.78 is 42.1. The molecular weight excluding hydrogens is 525 g/mol. The fourth-order valence-electron chi connectivity index (χ4n) is 5.88. The summed E-state index contributed by atoms with van der Waals surface area (Å²) in [5, 5.41) is 5.41. The molecule has 6 rings (SSSR count). The highest BCUT2D eigenvalue weighted by Gasteiger charge is 2.36. The van der Waals surface area contributed by atoms with Gasteiger partial charge >= 0.3 is 6.03 Å². The van der Waals surface area contributed by atoms with Crippen LogP contribution in [-0.4, -0.2) is 107 Å².